The number of carbonyl (C=O) groups excluding carboxylic acids is 1. The topological polar surface area (TPSA) is 23.6 Å². The predicted molar refractivity (Wildman–Crippen MR) is 94.8 cm³/mol. The van der Waals surface area contributed by atoms with Crippen LogP contribution < -0.4 is 4.90 Å². The minimum atomic E-state index is -0.221. The van der Waals surface area contributed by atoms with Crippen molar-refractivity contribution in [1.29, 1.82) is 0 Å². The SMILES string of the molecule is Cc1ccc(C)c(CC(=O)N2CCN(c3ccc(F)cc3)CC2)c1. The second-order valence-corrected chi connectivity index (χ2v) is 6.45. The summed E-state index contributed by atoms with van der Waals surface area (Å²) in [4.78, 5) is 16.7. The zero-order valence-corrected chi connectivity index (χ0v) is 14.3. The second-order valence-electron chi connectivity index (χ2n) is 6.45. The van der Waals surface area contributed by atoms with Crippen LogP contribution in [0, 0.1) is 19.7 Å². The van der Waals surface area contributed by atoms with Gasteiger partial charge < -0.3 is 9.80 Å². The van der Waals surface area contributed by atoms with Gasteiger partial charge in [0.05, 0.1) is 6.42 Å². The Hall–Kier alpha value is -2.36. The molecular formula is C20H23FN2O. The molecule has 126 valence electrons. The lowest BCUT2D eigenvalue weighted by Gasteiger charge is -2.36. The van der Waals surface area contributed by atoms with Gasteiger partial charge in [0.15, 0.2) is 0 Å². The summed E-state index contributed by atoms with van der Waals surface area (Å²) in [6, 6.07) is 12.8. The molecule has 3 nitrogen and oxygen atoms in total. The van der Waals surface area contributed by atoms with Gasteiger partial charge in [-0.25, -0.2) is 4.39 Å². The number of anilines is 1. The van der Waals surface area contributed by atoms with Crippen LogP contribution in [0.15, 0.2) is 42.5 Å². The monoisotopic (exact) mass is 326 g/mol. The summed E-state index contributed by atoms with van der Waals surface area (Å²) in [7, 11) is 0. The largest absolute Gasteiger partial charge is 0.368 e. The molecule has 0 saturated carbocycles. The molecule has 0 atom stereocenters. The third-order valence-corrected chi connectivity index (χ3v) is 4.67. The maximum Gasteiger partial charge on any atom is 0.227 e. The van der Waals surface area contributed by atoms with Crippen molar-refractivity contribution in [3.8, 4) is 0 Å². The normalized spacial score (nSPS) is 14.8. The first kappa shape index (κ1) is 16.5. The van der Waals surface area contributed by atoms with Crippen LogP contribution in [0.1, 0.15) is 16.7 Å². The van der Waals surface area contributed by atoms with E-state index in [1.54, 1.807) is 12.1 Å². The van der Waals surface area contributed by atoms with Gasteiger partial charge >= 0.3 is 0 Å². The molecule has 3 rings (SSSR count). The van der Waals surface area contributed by atoms with Gasteiger partial charge in [0.2, 0.25) is 5.91 Å². The van der Waals surface area contributed by atoms with Gasteiger partial charge in [-0.15, -0.1) is 0 Å². The van der Waals surface area contributed by atoms with E-state index in [-0.39, 0.29) is 11.7 Å². The molecule has 1 aliphatic heterocycles. The van der Waals surface area contributed by atoms with Crippen molar-refractivity contribution in [2.45, 2.75) is 20.3 Å². The van der Waals surface area contributed by atoms with Crippen LogP contribution in [-0.2, 0) is 11.2 Å². The van der Waals surface area contributed by atoms with Gasteiger partial charge in [0.25, 0.3) is 0 Å². The molecule has 0 unspecified atom stereocenters. The Labute approximate surface area is 142 Å². The van der Waals surface area contributed by atoms with Crippen molar-refractivity contribution < 1.29 is 9.18 Å². The summed E-state index contributed by atoms with van der Waals surface area (Å²) >= 11 is 0. The Morgan fingerprint density at radius 1 is 1.00 bits per heavy atom. The Morgan fingerprint density at radius 2 is 1.67 bits per heavy atom. The van der Waals surface area contributed by atoms with Gasteiger partial charge in [-0.05, 0) is 49.2 Å². The molecule has 2 aromatic rings. The summed E-state index contributed by atoms with van der Waals surface area (Å²) in [5.74, 6) is -0.0384. The summed E-state index contributed by atoms with van der Waals surface area (Å²) < 4.78 is 13.0. The smallest absolute Gasteiger partial charge is 0.227 e. The molecule has 2 aromatic carbocycles. The van der Waals surface area contributed by atoms with E-state index in [4.69, 9.17) is 0 Å². The molecule has 4 heteroatoms. The van der Waals surface area contributed by atoms with Crippen molar-refractivity contribution >= 4 is 11.6 Å². The van der Waals surface area contributed by atoms with E-state index in [0.717, 1.165) is 24.3 Å². The Morgan fingerprint density at radius 3 is 2.33 bits per heavy atom. The number of aryl methyl sites for hydroxylation is 2. The van der Waals surface area contributed by atoms with Gasteiger partial charge in [0, 0.05) is 31.9 Å². The van der Waals surface area contributed by atoms with Crippen LogP contribution in [0.4, 0.5) is 10.1 Å². The van der Waals surface area contributed by atoms with Crippen LogP contribution in [0.5, 0.6) is 0 Å². The van der Waals surface area contributed by atoms with E-state index in [9.17, 15) is 9.18 Å². The second kappa shape index (κ2) is 7.04. The molecule has 0 spiro atoms. The lowest BCUT2D eigenvalue weighted by atomic mass is 10.0. The standard InChI is InChI=1S/C20H23FN2O/c1-15-3-4-16(2)17(13-15)14-20(24)23-11-9-22(10-12-23)19-7-5-18(21)6-8-19/h3-8,13H,9-12,14H2,1-2H3. The average molecular weight is 326 g/mol. The van der Waals surface area contributed by atoms with Gasteiger partial charge in [0.1, 0.15) is 5.82 Å². The average Bonchev–Trinajstić information content (AvgIpc) is 2.59. The quantitative estimate of drug-likeness (QED) is 0.864. The number of hydrogen-bond donors (Lipinski definition) is 0. The number of carbonyl (C=O) groups is 1. The maximum absolute atomic E-state index is 13.0. The Balaban J connectivity index is 1.59. The van der Waals surface area contributed by atoms with E-state index in [1.165, 1.54) is 23.3 Å². The third-order valence-electron chi connectivity index (χ3n) is 4.67. The van der Waals surface area contributed by atoms with Crippen LogP contribution in [0.2, 0.25) is 0 Å². The lowest BCUT2D eigenvalue weighted by Crippen LogP contribution is -2.49. The van der Waals surface area contributed by atoms with Crippen molar-refractivity contribution in [2.24, 2.45) is 0 Å². The highest BCUT2D eigenvalue weighted by molar-refractivity contribution is 5.79. The molecule has 1 fully saturated rings. The van der Waals surface area contributed by atoms with Crippen LogP contribution in [-0.4, -0.2) is 37.0 Å². The zero-order valence-electron chi connectivity index (χ0n) is 14.3. The molecule has 0 aliphatic carbocycles. The number of nitrogens with zero attached hydrogens (tertiary/aromatic N) is 2. The minimum absolute atomic E-state index is 0.183. The molecule has 0 N–H and O–H groups in total. The van der Waals surface area contributed by atoms with Gasteiger partial charge in [-0.2, -0.15) is 0 Å². The minimum Gasteiger partial charge on any atom is -0.368 e. The number of benzene rings is 2. The van der Waals surface area contributed by atoms with Crippen molar-refractivity contribution in [3.63, 3.8) is 0 Å². The maximum atomic E-state index is 13.0. The van der Waals surface area contributed by atoms with Crippen LogP contribution >= 0.6 is 0 Å². The highest BCUT2D eigenvalue weighted by Crippen LogP contribution is 2.18. The fourth-order valence-corrected chi connectivity index (χ4v) is 3.13. The summed E-state index contributed by atoms with van der Waals surface area (Å²) in [5.41, 5.74) is 4.47. The molecule has 1 heterocycles. The van der Waals surface area contributed by atoms with E-state index in [1.807, 2.05) is 4.90 Å². The molecule has 24 heavy (non-hydrogen) atoms. The van der Waals surface area contributed by atoms with Crippen LogP contribution in [0.25, 0.3) is 0 Å². The van der Waals surface area contributed by atoms with E-state index in [2.05, 4.69) is 36.9 Å². The summed E-state index contributed by atoms with van der Waals surface area (Å²) in [6.45, 7) is 7.08. The first-order valence-electron chi connectivity index (χ1n) is 8.37. The van der Waals surface area contributed by atoms with Crippen molar-refractivity contribution in [1.82, 2.24) is 4.90 Å². The Kier molecular flexibility index (Phi) is 4.84. The van der Waals surface area contributed by atoms with Crippen molar-refractivity contribution in [3.05, 3.63) is 65.0 Å². The van der Waals surface area contributed by atoms with Gasteiger partial charge in [-0.1, -0.05) is 23.8 Å². The highest BCUT2D eigenvalue weighted by Gasteiger charge is 2.21. The first-order chi connectivity index (χ1) is 11.5. The zero-order chi connectivity index (χ0) is 17.1. The molecular weight excluding hydrogens is 303 g/mol. The Bertz CT molecular complexity index is 719. The number of piperazine rings is 1. The number of hydrogen-bond acceptors (Lipinski definition) is 2. The van der Waals surface area contributed by atoms with E-state index < -0.39 is 0 Å². The molecule has 0 aromatic heterocycles. The number of rotatable bonds is 3. The predicted octanol–water partition coefficient (Wildman–Crippen LogP) is 3.33. The van der Waals surface area contributed by atoms with E-state index >= 15 is 0 Å². The summed E-state index contributed by atoms with van der Waals surface area (Å²) in [6.07, 6.45) is 0.462. The molecule has 0 bridgehead atoms. The van der Waals surface area contributed by atoms with Gasteiger partial charge in [-0.3, -0.25) is 4.79 Å². The first-order valence-corrected chi connectivity index (χ1v) is 8.37. The fraction of sp³-hybridized carbons (Fsp3) is 0.350. The third kappa shape index (κ3) is 3.75. The molecule has 1 amide bonds. The summed E-state index contributed by atoms with van der Waals surface area (Å²) in [5, 5.41) is 0. The molecule has 1 saturated heterocycles. The van der Waals surface area contributed by atoms with E-state index in [0.29, 0.717) is 19.5 Å². The fourth-order valence-electron chi connectivity index (χ4n) is 3.13. The number of halogens is 1. The highest BCUT2D eigenvalue weighted by atomic mass is 19.1. The number of amides is 1. The lowest BCUT2D eigenvalue weighted by molar-refractivity contribution is -0.130. The molecule has 0 radical (unpaired) electrons. The van der Waals surface area contributed by atoms with Crippen LogP contribution in [0.3, 0.4) is 0 Å². The van der Waals surface area contributed by atoms with Crippen molar-refractivity contribution in [2.75, 3.05) is 31.1 Å². The molecule has 1 aliphatic rings.